The molecule has 0 bridgehead atoms. The van der Waals surface area contributed by atoms with Crippen molar-refractivity contribution in [3.05, 3.63) is 54.3 Å². The molecule has 0 aromatic heterocycles. The van der Waals surface area contributed by atoms with E-state index in [4.69, 9.17) is 4.74 Å². The normalized spacial score (nSPS) is 19.2. The molecular formula is C27H37FO. The summed E-state index contributed by atoms with van der Waals surface area (Å²) in [5, 5.41) is 0. The maximum atomic E-state index is 13.0. The van der Waals surface area contributed by atoms with E-state index in [-0.39, 0.29) is 5.82 Å². The van der Waals surface area contributed by atoms with Gasteiger partial charge in [0.1, 0.15) is 11.6 Å². The standard InChI is InChI=1S/C27H37FO/c1-2-3-4-5-7-22-9-11-23(12-10-22)8-6-21-29-27-19-15-25(16-20-27)24-13-17-26(28)18-14-24/h13-20,22-23H,2-12,21H2,1H3. The van der Waals surface area contributed by atoms with E-state index >= 15 is 0 Å². The van der Waals surface area contributed by atoms with Crippen LogP contribution in [0.5, 0.6) is 5.75 Å². The van der Waals surface area contributed by atoms with Crippen LogP contribution in [0.4, 0.5) is 4.39 Å². The van der Waals surface area contributed by atoms with Crippen LogP contribution in [0.15, 0.2) is 48.5 Å². The summed E-state index contributed by atoms with van der Waals surface area (Å²) < 4.78 is 19.0. The second-order valence-electron chi connectivity index (χ2n) is 8.76. The molecule has 0 unspecified atom stereocenters. The second-order valence-corrected chi connectivity index (χ2v) is 8.76. The number of benzene rings is 2. The summed E-state index contributed by atoms with van der Waals surface area (Å²) in [5.41, 5.74) is 2.11. The first-order valence-electron chi connectivity index (χ1n) is 11.7. The molecule has 29 heavy (non-hydrogen) atoms. The topological polar surface area (TPSA) is 9.23 Å². The van der Waals surface area contributed by atoms with Gasteiger partial charge in [-0.3, -0.25) is 0 Å². The highest BCUT2D eigenvalue weighted by Gasteiger charge is 2.20. The summed E-state index contributed by atoms with van der Waals surface area (Å²) in [4.78, 5) is 0. The van der Waals surface area contributed by atoms with Crippen molar-refractivity contribution >= 4 is 0 Å². The summed E-state index contributed by atoms with van der Waals surface area (Å²) >= 11 is 0. The second kappa shape index (κ2) is 12.0. The molecule has 1 aliphatic rings. The summed E-state index contributed by atoms with van der Waals surface area (Å²) in [6.45, 7) is 3.09. The third-order valence-electron chi connectivity index (χ3n) is 6.49. The lowest BCUT2D eigenvalue weighted by molar-refractivity contribution is 0.228. The van der Waals surface area contributed by atoms with Crippen molar-refractivity contribution in [1.82, 2.24) is 0 Å². The molecule has 3 rings (SSSR count). The highest BCUT2D eigenvalue weighted by Crippen LogP contribution is 2.34. The molecular weight excluding hydrogens is 359 g/mol. The van der Waals surface area contributed by atoms with Crippen molar-refractivity contribution < 1.29 is 9.13 Å². The van der Waals surface area contributed by atoms with Gasteiger partial charge in [-0.1, -0.05) is 89.0 Å². The first kappa shape index (κ1) is 21.9. The van der Waals surface area contributed by atoms with Gasteiger partial charge in [0.05, 0.1) is 6.61 Å². The van der Waals surface area contributed by atoms with Crippen LogP contribution in [-0.2, 0) is 0 Å². The van der Waals surface area contributed by atoms with Crippen molar-refractivity contribution in [2.45, 2.75) is 77.6 Å². The van der Waals surface area contributed by atoms with Crippen LogP contribution < -0.4 is 4.74 Å². The van der Waals surface area contributed by atoms with Crippen LogP contribution in [0.1, 0.15) is 77.6 Å². The van der Waals surface area contributed by atoms with Crippen LogP contribution in [0.3, 0.4) is 0 Å². The Morgan fingerprint density at radius 2 is 1.28 bits per heavy atom. The summed E-state index contributed by atoms with van der Waals surface area (Å²) in [6, 6.07) is 14.7. The number of rotatable bonds is 11. The lowest BCUT2D eigenvalue weighted by Crippen LogP contribution is -2.15. The van der Waals surface area contributed by atoms with E-state index < -0.39 is 0 Å². The molecule has 1 nitrogen and oxygen atoms in total. The predicted octanol–water partition coefficient (Wildman–Crippen LogP) is 8.43. The molecule has 2 aromatic carbocycles. The van der Waals surface area contributed by atoms with E-state index in [1.807, 2.05) is 36.4 Å². The van der Waals surface area contributed by atoms with Crippen LogP contribution in [-0.4, -0.2) is 6.61 Å². The average molecular weight is 397 g/mol. The Kier molecular flexibility index (Phi) is 9.05. The number of halogens is 1. The Hall–Kier alpha value is -1.83. The van der Waals surface area contributed by atoms with Crippen LogP contribution in [0.25, 0.3) is 11.1 Å². The number of ether oxygens (including phenoxy) is 1. The van der Waals surface area contributed by atoms with E-state index in [9.17, 15) is 4.39 Å². The van der Waals surface area contributed by atoms with Crippen molar-refractivity contribution in [3.63, 3.8) is 0 Å². The third-order valence-corrected chi connectivity index (χ3v) is 6.49. The largest absolute Gasteiger partial charge is 0.494 e. The Morgan fingerprint density at radius 1 is 0.724 bits per heavy atom. The van der Waals surface area contributed by atoms with E-state index in [2.05, 4.69) is 6.92 Å². The monoisotopic (exact) mass is 396 g/mol. The third kappa shape index (κ3) is 7.49. The molecule has 0 heterocycles. The molecule has 158 valence electrons. The van der Waals surface area contributed by atoms with Crippen LogP contribution in [0, 0.1) is 17.7 Å². The van der Waals surface area contributed by atoms with Gasteiger partial charge < -0.3 is 4.74 Å². The zero-order valence-electron chi connectivity index (χ0n) is 18.0. The molecule has 1 saturated carbocycles. The highest BCUT2D eigenvalue weighted by molar-refractivity contribution is 5.63. The fraction of sp³-hybridized carbons (Fsp3) is 0.556. The Bertz CT molecular complexity index is 683. The van der Waals surface area contributed by atoms with Gasteiger partial charge >= 0.3 is 0 Å². The summed E-state index contributed by atoms with van der Waals surface area (Å²) in [5.74, 6) is 2.63. The van der Waals surface area contributed by atoms with Gasteiger partial charge in [-0.2, -0.15) is 0 Å². The summed E-state index contributed by atoms with van der Waals surface area (Å²) in [6.07, 6.45) is 15.3. The minimum absolute atomic E-state index is 0.200. The first-order valence-corrected chi connectivity index (χ1v) is 11.7. The average Bonchev–Trinajstić information content (AvgIpc) is 2.76. The molecule has 0 aliphatic heterocycles. The fourth-order valence-electron chi connectivity index (χ4n) is 4.62. The molecule has 0 atom stereocenters. The molecule has 0 spiro atoms. The van der Waals surface area contributed by atoms with E-state index in [1.54, 1.807) is 0 Å². The van der Waals surface area contributed by atoms with Gasteiger partial charge in [0.25, 0.3) is 0 Å². The molecule has 1 fully saturated rings. The number of hydrogen-bond donors (Lipinski definition) is 0. The quantitative estimate of drug-likeness (QED) is 0.346. The van der Waals surface area contributed by atoms with Gasteiger partial charge in [0, 0.05) is 0 Å². The molecule has 0 amide bonds. The fourth-order valence-corrected chi connectivity index (χ4v) is 4.62. The smallest absolute Gasteiger partial charge is 0.123 e. The van der Waals surface area contributed by atoms with Gasteiger partial charge in [0.15, 0.2) is 0 Å². The van der Waals surface area contributed by atoms with Gasteiger partial charge in [-0.25, -0.2) is 4.39 Å². The van der Waals surface area contributed by atoms with Crippen LogP contribution >= 0.6 is 0 Å². The maximum absolute atomic E-state index is 13.0. The first-order chi connectivity index (χ1) is 14.2. The predicted molar refractivity (Wildman–Crippen MR) is 121 cm³/mol. The molecule has 1 aliphatic carbocycles. The lowest BCUT2D eigenvalue weighted by Gasteiger charge is -2.28. The number of hydrogen-bond acceptors (Lipinski definition) is 1. The highest BCUT2D eigenvalue weighted by atomic mass is 19.1. The van der Waals surface area contributed by atoms with E-state index in [1.165, 1.54) is 76.3 Å². The van der Waals surface area contributed by atoms with E-state index in [0.717, 1.165) is 41.7 Å². The zero-order valence-corrected chi connectivity index (χ0v) is 18.0. The molecule has 2 aromatic rings. The van der Waals surface area contributed by atoms with Crippen molar-refractivity contribution in [1.29, 1.82) is 0 Å². The van der Waals surface area contributed by atoms with Crippen molar-refractivity contribution in [3.8, 4) is 16.9 Å². The summed E-state index contributed by atoms with van der Waals surface area (Å²) in [7, 11) is 0. The Balaban J connectivity index is 1.29. The maximum Gasteiger partial charge on any atom is 0.123 e. The van der Waals surface area contributed by atoms with Gasteiger partial charge in [-0.15, -0.1) is 0 Å². The van der Waals surface area contributed by atoms with Crippen LogP contribution in [0.2, 0.25) is 0 Å². The SMILES string of the molecule is CCCCCCC1CCC(CCCOc2ccc(-c3ccc(F)cc3)cc2)CC1. The number of unbranched alkanes of at least 4 members (excludes halogenated alkanes) is 3. The van der Waals surface area contributed by atoms with Crippen molar-refractivity contribution in [2.24, 2.45) is 11.8 Å². The van der Waals surface area contributed by atoms with Gasteiger partial charge in [-0.05, 0) is 60.1 Å². The Morgan fingerprint density at radius 3 is 1.86 bits per heavy atom. The molecule has 2 heteroatoms. The minimum atomic E-state index is -0.200. The van der Waals surface area contributed by atoms with Crippen molar-refractivity contribution in [2.75, 3.05) is 6.61 Å². The minimum Gasteiger partial charge on any atom is -0.494 e. The van der Waals surface area contributed by atoms with Gasteiger partial charge in [0.2, 0.25) is 0 Å². The lowest BCUT2D eigenvalue weighted by atomic mass is 9.78. The molecule has 0 radical (unpaired) electrons. The molecule has 0 N–H and O–H groups in total. The zero-order chi connectivity index (χ0) is 20.3. The Labute approximate surface area is 176 Å². The molecule has 0 saturated heterocycles. The van der Waals surface area contributed by atoms with E-state index in [0.29, 0.717) is 0 Å².